The molecule has 4 aromatic carbocycles. The molecule has 0 heterocycles. The van der Waals surface area contributed by atoms with Crippen LogP contribution in [0.25, 0.3) is 0 Å². The third-order valence-corrected chi connectivity index (χ3v) is 7.94. The Bertz CT molecular complexity index is 1520. The number of nitrogens with one attached hydrogen (secondary N) is 3. The fourth-order valence-corrected chi connectivity index (χ4v) is 5.28. The molecule has 48 heavy (non-hydrogen) atoms. The van der Waals surface area contributed by atoms with Crippen molar-refractivity contribution >= 4 is 17.4 Å². The maximum atomic E-state index is 12.7. The lowest BCUT2D eigenvalue weighted by atomic mass is 10.0. The van der Waals surface area contributed by atoms with Crippen LogP contribution < -0.4 is 16.0 Å². The summed E-state index contributed by atoms with van der Waals surface area (Å²) in [6.07, 6.45) is 5.28. The predicted octanol–water partition coefficient (Wildman–Crippen LogP) is 6.73. The zero-order chi connectivity index (χ0) is 33.8. The summed E-state index contributed by atoms with van der Waals surface area (Å²) < 4.78 is 11.5. The minimum atomic E-state index is -0.691. The first-order chi connectivity index (χ1) is 23.5. The van der Waals surface area contributed by atoms with Crippen molar-refractivity contribution in [2.24, 2.45) is 0 Å². The zero-order valence-electron chi connectivity index (χ0n) is 27.6. The summed E-state index contributed by atoms with van der Waals surface area (Å²) in [5, 5.41) is 38.4. The molecule has 9 heteroatoms. The molecular formula is C39H49N3O6. The van der Waals surface area contributed by atoms with Crippen LogP contribution in [0.5, 0.6) is 5.75 Å². The van der Waals surface area contributed by atoms with Gasteiger partial charge >= 0.3 is 6.03 Å². The van der Waals surface area contributed by atoms with Crippen molar-refractivity contribution in [3.63, 3.8) is 0 Å². The lowest BCUT2D eigenvalue weighted by molar-refractivity contribution is 0.0393. The van der Waals surface area contributed by atoms with E-state index in [0.29, 0.717) is 49.8 Å². The second-order valence-electron chi connectivity index (χ2n) is 11.8. The van der Waals surface area contributed by atoms with Crippen LogP contribution in [0.3, 0.4) is 0 Å². The number of unbranched alkanes of at least 4 members (excludes halogenated alkanes) is 3. The fourth-order valence-electron chi connectivity index (χ4n) is 5.28. The molecule has 256 valence electrons. The summed E-state index contributed by atoms with van der Waals surface area (Å²) in [5.41, 5.74) is 5.97. The van der Waals surface area contributed by atoms with Gasteiger partial charge < -0.3 is 40.7 Å². The van der Waals surface area contributed by atoms with Gasteiger partial charge in [-0.15, -0.1) is 0 Å². The third-order valence-electron chi connectivity index (χ3n) is 7.94. The van der Waals surface area contributed by atoms with Crippen LogP contribution in [0.2, 0.25) is 0 Å². The van der Waals surface area contributed by atoms with Crippen LogP contribution in [-0.2, 0) is 35.5 Å². The molecule has 4 aromatic rings. The second kappa shape index (κ2) is 20.9. The number of aliphatic hydroxyl groups is 2. The minimum absolute atomic E-state index is 0.0316. The van der Waals surface area contributed by atoms with Crippen LogP contribution in [0.4, 0.5) is 16.2 Å². The van der Waals surface area contributed by atoms with E-state index in [0.717, 1.165) is 56.3 Å². The molecular weight excluding hydrogens is 606 g/mol. The summed E-state index contributed by atoms with van der Waals surface area (Å²) in [7, 11) is 0. The number of benzene rings is 4. The standard InChI is InChI=1S/C39H49N3O6/c43-28-34-26-33(18-19-37(34)44)38(45)27-40-20-6-1-2-7-21-47-22-23-48-29-32-13-9-15-36(25-32)42-39(46)41-35-14-8-12-31(24-35)17-16-30-10-4-3-5-11-30/h3-5,8-15,18-19,24-26,38,40,43-45H,1-2,6-7,16-17,20-23,27-29H2,(H2,41,42,46)/t38-/m1/s1. The largest absolute Gasteiger partial charge is 0.508 e. The lowest BCUT2D eigenvalue weighted by Crippen LogP contribution is -2.22. The first-order valence-electron chi connectivity index (χ1n) is 16.8. The molecule has 0 aliphatic heterocycles. The van der Waals surface area contributed by atoms with Crippen LogP contribution in [-0.4, -0.2) is 54.3 Å². The smallest absolute Gasteiger partial charge is 0.323 e. The van der Waals surface area contributed by atoms with E-state index in [1.807, 2.05) is 48.5 Å². The predicted molar refractivity (Wildman–Crippen MR) is 190 cm³/mol. The first-order valence-corrected chi connectivity index (χ1v) is 16.8. The van der Waals surface area contributed by atoms with E-state index in [1.54, 1.807) is 12.1 Å². The van der Waals surface area contributed by atoms with Crippen molar-refractivity contribution in [3.8, 4) is 5.75 Å². The number of urea groups is 1. The van der Waals surface area contributed by atoms with Crippen molar-refractivity contribution < 1.29 is 29.6 Å². The number of aromatic hydroxyl groups is 1. The fraction of sp³-hybridized carbons (Fsp3) is 0.359. The van der Waals surface area contributed by atoms with Crippen molar-refractivity contribution in [1.29, 1.82) is 0 Å². The molecule has 0 radical (unpaired) electrons. The number of carbonyl (C=O) groups excluding carboxylic acids is 1. The Morgan fingerprint density at radius 3 is 2.12 bits per heavy atom. The topological polar surface area (TPSA) is 132 Å². The highest BCUT2D eigenvalue weighted by molar-refractivity contribution is 5.99. The van der Waals surface area contributed by atoms with E-state index in [-0.39, 0.29) is 18.4 Å². The summed E-state index contributed by atoms with van der Waals surface area (Å²) in [6, 6.07) is 30.4. The third kappa shape index (κ3) is 13.5. The number of hydrogen-bond donors (Lipinski definition) is 6. The van der Waals surface area contributed by atoms with Crippen LogP contribution >= 0.6 is 0 Å². The molecule has 0 aromatic heterocycles. The van der Waals surface area contributed by atoms with Gasteiger partial charge in [0.2, 0.25) is 0 Å². The average molecular weight is 656 g/mol. The molecule has 9 nitrogen and oxygen atoms in total. The summed E-state index contributed by atoms with van der Waals surface area (Å²) >= 11 is 0. The molecule has 0 aliphatic carbocycles. The van der Waals surface area contributed by atoms with E-state index in [4.69, 9.17) is 9.47 Å². The minimum Gasteiger partial charge on any atom is -0.508 e. The van der Waals surface area contributed by atoms with Gasteiger partial charge in [-0.3, -0.25) is 0 Å². The Morgan fingerprint density at radius 1 is 0.688 bits per heavy atom. The summed E-state index contributed by atoms with van der Waals surface area (Å²) in [6.45, 7) is 3.10. The van der Waals surface area contributed by atoms with Gasteiger partial charge in [0, 0.05) is 30.1 Å². The molecule has 0 aliphatic rings. The molecule has 0 fully saturated rings. The Morgan fingerprint density at radius 2 is 1.35 bits per heavy atom. The zero-order valence-corrected chi connectivity index (χ0v) is 27.6. The highest BCUT2D eigenvalue weighted by Gasteiger charge is 2.10. The SMILES string of the molecule is O=C(Nc1cccc(CCc2ccccc2)c1)Nc1cccc(COCCOCCCCCCNC[C@@H](O)c2ccc(O)c(CO)c2)c1. The van der Waals surface area contributed by atoms with E-state index in [9.17, 15) is 20.1 Å². The highest BCUT2D eigenvalue weighted by Crippen LogP contribution is 2.22. The first kappa shape index (κ1) is 36.6. The number of hydrogen-bond acceptors (Lipinski definition) is 7. The van der Waals surface area contributed by atoms with Gasteiger partial charge in [-0.25, -0.2) is 4.79 Å². The normalized spacial score (nSPS) is 11.7. The van der Waals surface area contributed by atoms with Crippen LogP contribution in [0, 0.1) is 0 Å². The number of carbonyl (C=O) groups is 1. The van der Waals surface area contributed by atoms with Crippen molar-refractivity contribution in [2.45, 2.75) is 57.8 Å². The van der Waals surface area contributed by atoms with Gasteiger partial charge in [0.15, 0.2) is 0 Å². The van der Waals surface area contributed by atoms with E-state index >= 15 is 0 Å². The Hall–Kier alpha value is -4.25. The molecule has 0 unspecified atom stereocenters. The quantitative estimate of drug-likeness (QED) is 0.0549. The molecule has 1 atom stereocenters. The number of aryl methyl sites for hydroxylation is 2. The monoisotopic (exact) mass is 655 g/mol. The number of anilines is 2. The summed E-state index contributed by atoms with van der Waals surface area (Å²) in [4.78, 5) is 12.7. The van der Waals surface area contributed by atoms with E-state index in [2.05, 4.69) is 46.3 Å². The van der Waals surface area contributed by atoms with Crippen molar-refractivity contribution in [1.82, 2.24) is 5.32 Å². The number of rotatable bonds is 21. The van der Waals surface area contributed by atoms with Gasteiger partial charge in [-0.05, 0) is 90.9 Å². The second-order valence-corrected chi connectivity index (χ2v) is 11.8. The molecule has 2 amide bonds. The molecule has 0 saturated heterocycles. The number of amides is 2. The Labute approximate surface area is 283 Å². The van der Waals surface area contributed by atoms with E-state index in [1.165, 1.54) is 17.2 Å². The van der Waals surface area contributed by atoms with Gasteiger partial charge in [-0.1, -0.05) is 73.5 Å². The van der Waals surface area contributed by atoms with Crippen molar-refractivity contribution in [3.05, 3.63) is 125 Å². The Kier molecular flexibility index (Phi) is 15.9. The van der Waals surface area contributed by atoms with E-state index < -0.39 is 6.10 Å². The average Bonchev–Trinajstić information content (AvgIpc) is 3.10. The van der Waals surface area contributed by atoms with Gasteiger partial charge in [0.25, 0.3) is 0 Å². The number of phenols is 1. The van der Waals surface area contributed by atoms with Crippen LogP contribution in [0.1, 0.15) is 59.6 Å². The molecule has 0 bridgehead atoms. The summed E-state index contributed by atoms with van der Waals surface area (Å²) in [5.74, 6) is 0.0316. The lowest BCUT2D eigenvalue weighted by Gasteiger charge is -2.14. The molecule has 0 saturated carbocycles. The van der Waals surface area contributed by atoms with Gasteiger partial charge in [0.05, 0.1) is 32.5 Å². The molecule has 4 rings (SSSR count). The van der Waals surface area contributed by atoms with Crippen LogP contribution in [0.15, 0.2) is 97.1 Å². The maximum Gasteiger partial charge on any atom is 0.323 e. The Balaban J connectivity index is 1.01. The number of ether oxygens (including phenoxy) is 2. The van der Waals surface area contributed by atoms with Gasteiger partial charge in [-0.2, -0.15) is 0 Å². The maximum absolute atomic E-state index is 12.7. The number of aliphatic hydroxyl groups excluding tert-OH is 2. The van der Waals surface area contributed by atoms with Crippen molar-refractivity contribution in [2.75, 3.05) is 43.5 Å². The highest BCUT2D eigenvalue weighted by atomic mass is 16.5. The van der Waals surface area contributed by atoms with Gasteiger partial charge in [0.1, 0.15) is 5.75 Å². The molecule has 6 N–H and O–H groups in total. The molecule has 0 spiro atoms.